The maximum absolute atomic E-state index is 12.4. The van der Waals surface area contributed by atoms with Crippen molar-refractivity contribution in [2.75, 3.05) is 30.1 Å². The molecule has 9 nitrogen and oxygen atoms in total. The quantitative estimate of drug-likeness (QED) is 0.171. The normalized spacial score (nSPS) is 10.4. The molecule has 178 valence electrons. The Morgan fingerprint density at radius 1 is 0.971 bits per heavy atom. The summed E-state index contributed by atoms with van der Waals surface area (Å²) in [5, 5.41) is 13.8. The summed E-state index contributed by atoms with van der Waals surface area (Å²) in [4.78, 5) is 36.1. The number of ether oxygens (including phenoxy) is 2. The number of carbonyl (C=O) groups excluding carboxylic acids is 3. The van der Waals surface area contributed by atoms with Crippen molar-refractivity contribution in [3.8, 4) is 5.75 Å². The fraction of sp³-hybridized carbons (Fsp3) is 0.261. The molecule has 0 fully saturated rings. The zero-order chi connectivity index (χ0) is 24.3. The highest BCUT2D eigenvalue weighted by Gasteiger charge is 2.13. The first-order chi connectivity index (χ1) is 16.5. The molecule has 1 aromatic heterocycles. The Kier molecular flexibility index (Phi) is 9.41. The van der Waals surface area contributed by atoms with E-state index in [-0.39, 0.29) is 17.6 Å². The second kappa shape index (κ2) is 12.7. The highest BCUT2D eigenvalue weighted by atomic mass is 32.2. The number of benzene rings is 2. The largest absolute Gasteiger partial charge is 0.494 e. The molecule has 0 unspecified atom stereocenters. The summed E-state index contributed by atoms with van der Waals surface area (Å²) in [5.41, 5.74) is 1.43. The van der Waals surface area contributed by atoms with Gasteiger partial charge in [0.2, 0.25) is 11.0 Å². The van der Waals surface area contributed by atoms with Gasteiger partial charge in [-0.15, -0.1) is 10.2 Å². The molecular weight excluding hydrogens is 476 g/mol. The van der Waals surface area contributed by atoms with Gasteiger partial charge in [0.25, 0.3) is 5.91 Å². The van der Waals surface area contributed by atoms with E-state index < -0.39 is 5.97 Å². The van der Waals surface area contributed by atoms with E-state index in [1.54, 1.807) is 48.5 Å². The third-order valence-corrected chi connectivity index (χ3v) is 6.40. The van der Waals surface area contributed by atoms with Gasteiger partial charge in [-0.3, -0.25) is 14.9 Å². The first-order valence-electron chi connectivity index (χ1n) is 10.5. The SMILES string of the molecule is CCCCOc1ccc(C(=O)Nc2nnc(SCC(=O)Nc3ccc(C(=O)OC)cc3)s2)cc1. The van der Waals surface area contributed by atoms with Crippen LogP contribution in [0, 0.1) is 0 Å². The van der Waals surface area contributed by atoms with Crippen molar-refractivity contribution < 1.29 is 23.9 Å². The van der Waals surface area contributed by atoms with Crippen LogP contribution in [0.1, 0.15) is 40.5 Å². The van der Waals surface area contributed by atoms with Crippen molar-refractivity contribution in [2.24, 2.45) is 0 Å². The van der Waals surface area contributed by atoms with Crippen molar-refractivity contribution in [1.29, 1.82) is 0 Å². The number of hydrogen-bond acceptors (Lipinski definition) is 9. The number of methoxy groups -OCH3 is 1. The number of aromatic nitrogens is 2. The van der Waals surface area contributed by atoms with Gasteiger partial charge in [-0.2, -0.15) is 0 Å². The van der Waals surface area contributed by atoms with E-state index >= 15 is 0 Å². The molecule has 1 heterocycles. The highest BCUT2D eigenvalue weighted by molar-refractivity contribution is 8.01. The van der Waals surface area contributed by atoms with Crippen LogP contribution in [0.3, 0.4) is 0 Å². The average molecular weight is 501 g/mol. The molecule has 0 atom stereocenters. The number of rotatable bonds is 11. The summed E-state index contributed by atoms with van der Waals surface area (Å²) >= 11 is 2.39. The number of nitrogens with zero attached hydrogens (tertiary/aromatic N) is 2. The maximum atomic E-state index is 12.4. The molecule has 2 N–H and O–H groups in total. The zero-order valence-corrected chi connectivity index (χ0v) is 20.3. The molecular formula is C23H24N4O5S2. The lowest BCUT2D eigenvalue weighted by Gasteiger charge is -2.06. The van der Waals surface area contributed by atoms with Crippen LogP contribution in [0.5, 0.6) is 5.75 Å². The summed E-state index contributed by atoms with van der Waals surface area (Å²) < 4.78 is 10.8. The minimum atomic E-state index is -0.443. The number of thioether (sulfide) groups is 1. The van der Waals surface area contributed by atoms with E-state index in [0.717, 1.165) is 18.6 Å². The van der Waals surface area contributed by atoms with Crippen molar-refractivity contribution in [2.45, 2.75) is 24.1 Å². The van der Waals surface area contributed by atoms with Gasteiger partial charge in [-0.25, -0.2) is 4.79 Å². The van der Waals surface area contributed by atoms with Gasteiger partial charge in [0.15, 0.2) is 4.34 Å². The summed E-state index contributed by atoms with van der Waals surface area (Å²) in [6.45, 7) is 2.74. The molecule has 0 aliphatic rings. The van der Waals surface area contributed by atoms with E-state index in [9.17, 15) is 14.4 Å². The van der Waals surface area contributed by atoms with E-state index in [4.69, 9.17) is 4.74 Å². The fourth-order valence-corrected chi connectivity index (χ4v) is 4.20. The average Bonchev–Trinajstić information content (AvgIpc) is 3.30. The first-order valence-corrected chi connectivity index (χ1v) is 12.3. The Morgan fingerprint density at radius 2 is 1.68 bits per heavy atom. The van der Waals surface area contributed by atoms with Gasteiger partial charge in [0, 0.05) is 11.3 Å². The van der Waals surface area contributed by atoms with Crippen LogP contribution in [-0.4, -0.2) is 47.5 Å². The monoisotopic (exact) mass is 500 g/mol. The van der Waals surface area contributed by atoms with Crippen LogP contribution < -0.4 is 15.4 Å². The van der Waals surface area contributed by atoms with Crippen molar-refractivity contribution >= 4 is 51.7 Å². The maximum Gasteiger partial charge on any atom is 0.337 e. The molecule has 34 heavy (non-hydrogen) atoms. The first kappa shape index (κ1) is 25.2. The molecule has 2 aromatic carbocycles. The second-order valence-corrected chi connectivity index (χ2v) is 9.16. The molecule has 0 aliphatic heterocycles. The van der Waals surface area contributed by atoms with E-state index in [2.05, 4.69) is 32.5 Å². The number of nitrogens with one attached hydrogen (secondary N) is 2. The molecule has 0 saturated carbocycles. The van der Waals surface area contributed by atoms with Crippen LogP contribution in [-0.2, 0) is 9.53 Å². The third-order valence-electron chi connectivity index (χ3n) is 4.43. The molecule has 0 bridgehead atoms. The van der Waals surface area contributed by atoms with Gasteiger partial charge in [-0.1, -0.05) is 36.4 Å². The summed E-state index contributed by atoms with van der Waals surface area (Å²) in [5.74, 6) is -0.155. The smallest absolute Gasteiger partial charge is 0.337 e. The number of hydrogen-bond donors (Lipinski definition) is 2. The van der Waals surface area contributed by atoms with Crippen molar-refractivity contribution in [1.82, 2.24) is 10.2 Å². The Labute approximate surface area is 205 Å². The van der Waals surface area contributed by atoms with Gasteiger partial charge in [0.1, 0.15) is 5.75 Å². The van der Waals surface area contributed by atoms with Gasteiger partial charge >= 0.3 is 5.97 Å². The molecule has 3 aromatic rings. The topological polar surface area (TPSA) is 120 Å². The summed E-state index contributed by atoms with van der Waals surface area (Å²) in [6, 6.07) is 13.3. The standard InChI is InChI=1S/C23H24N4O5S2/c1-3-4-13-32-18-11-7-15(8-12-18)20(29)25-22-26-27-23(34-22)33-14-19(28)24-17-9-5-16(6-10-17)21(30)31-2/h5-12H,3-4,13-14H2,1-2H3,(H,24,28)(H,25,26,29). The fourth-order valence-electron chi connectivity index (χ4n) is 2.66. The van der Waals surface area contributed by atoms with Gasteiger partial charge in [-0.05, 0) is 55.0 Å². The Hall–Kier alpha value is -3.44. The lowest BCUT2D eigenvalue weighted by molar-refractivity contribution is -0.113. The predicted octanol–water partition coefficient (Wildman–Crippen LogP) is 4.49. The lowest BCUT2D eigenvalue weighted by atomic mass is 10.2. The Balaban J connectivity index is 1.45. The van der Waals surface area contributed by atoms with Crippen molar-refractivity contribution in [3.63, 3.8) is 0 Å². The second-order valence-electron chi connectivity index (χ2n) is 6.96. The summed E-state index contributed by atoms with van der Waals surface area (Å²) in [7, 11) is 1.31. The Morgan fingerprint density at radius 3 is 2.35 bits per heavy atom. The predicted molar refractivity (Wildman–Crippen MR) is 132 cm³/mol. The molecule has 11 heteroatoms. The van der Waals surface area contributed by atoms with E-state index in [0.29, 0.717) is 32.9 Å². The molecule has 0 spiro atoms. The number of amides is 2. The molecule has 0 aliphatic carbocycles. The van der Waals surface area contributed by atoms with Crippen LogP contribution in [0.15, 0.2) is 52.9 Å². The van der Waals surface area contributed by atoms with Gasteiger partial charge in [0.05, 0.1) is 25.0 Å². The third kappa shape index (κ3) is 7.56. The summed E-state index contributed by atoms with van der Waals surface area (Å²) in [6.07, 6.45) is 2.03. The minimum absolute atomic E-state index is 0.112. The van der Waals surface area contributed by atoms with E-state index in [1.165, 1.54) is 30.2 Å². The van der Waals surface area contributed by atoms with Crippen LogP contribution >= 0.6 is 23.1 Å². The number of anilines is 2. The lowest BCUT2D eigenvalue weighted by Crippen LogP contribution is -2.14. The molecule has 0 saturated heterocycles. The van der Waals surface area contributed by atoms with Crippen LogP contribution in [0.4, 0.5) is 10.8 Å². The number of unbranched alkanes of at least 4 members (excludes halogenated alkanes) is 1. The molecule has 2 amide bonds. The Bertz CT molecular complexity index is 1120. The van der Waals surface area contributed by atoms with Crippen LogP contribution in [0.2, 0.25) is 0 Å². The number of carbonyl (C=O) groups is 3. The zero-order valence-electron chi connectivity index (χ0n) is 18.7. The van der Waals surface area contributed by atoms with Gasteiger partial charge < -0.3 is 14.8 Å². The van der Waals surface area contributed by atoms with Crippen LogP contribution in [0.25, 0.3) is 0 Å². The minimum Gasteiger partial charge on any atom is -0.494 e. The number of esters is 1. The van der Waals surface area contributed by atoms with Crippen molar-refractivity contribution in [3.05, 3.63) is 59.7 Å². The highest BCUT2D eigenvalue weighted by Crippen LogP contribution is 2.26. The molecule has 3 rings (SSSR count). The molecule has 0 radical (unpaired) electrons. The van der Waals surface area contributed by atoms with E-state index in [1.807, 2.05) is 0 Å².